The van der Waals surface area contributed by atoms with E-state index in [1.165, 1.54) is 50.4 Å². The number of allylic oxidation sites excluding steroid dienone is 1. The van der Waals surface area contributed by atoms with Gasteiger partial charge in [0, 0.05) is 5.02 Å². The number of nitrogens with zero attached hydrogens (tertiary/aromatic N) is 2. The van der Waals surface area contributed by atoms with E-state index in [4.69, 9.17) is 21.1 Å². The maximum absolute atomic E-state index is 14.1. The van der Waals surface area contributed by atoms with E-state index < -0.39 is 35.0 Å². The summed E-state index contributed by atoms with van der Waals surface area (Å²) in [5.74, 6) is -1.15. The van der Waals surface area contributed by atoms with E-state index in [1.807, 2.05) is 22.6 Å². The summed E-state index contributed by atoms with van der Waals surface area (Å²) in [6, 6.07) is 7.39. The van der Waals surface area contributed by atoms with Crippen molar-refractivity contribution in [2.24, 2.45) is 4.99 Å². The van der Waals surface area contributed by atoms with Gasteiger partial charge in [-0.2, -0.15) is 13.2 Å². The maximum Gasteiger partial charge on any atom is 0.434 e. The molecule has 0 fully saturated rings. The molecule has 4 rings (SSSR count). The smallest absolute Gasteiger partial charge is 0.434 e. The fourth-order valence-corrected chi connectivity index (χ4v) is 5.54. The number of hydrogen-bond donors (Lipinski definition) is 1. The number of fused-ring (bicyclic) bond motifs is 1. The number of halogens is 5. The molecule has 0 saturated carbocycles. The highest BCUT2D eigenvalue weighted by Crippen LogP contribution is 2.38. The summed E-state index contributed by atoms with van der Waals surface area (Å²) >= 11 is 8.60. The van der Waals surface area contributed by atoms with Crippen LogP contribution in [0.25, 0.3) is 6.08 Å². The van der Waals surface area contributed by atoms with Crippen molar-refractivity contribution in [1.29, 1.82) is 0 Å². The predicted octanol–water partition coefficient (Wildman–Crippen LogP) is 4.31. The van der Waals surface area contributed by atoms with Crippen LogP contribution in [0.1, 0.15) is 24.1 Å². The Morgan fingerprint density at radius 3 is 2.57 bits per heavy atom. The normalized spacial score (nSPS) is 15.9. The summed E-state index contributed by atoms with van der Waals surface area (Å²) in [6.45, 7) is 1.29. The van der Waals surface area contributed by atoms with Gasteiger partial charge in [-0.25, -0.2) is 9.79 Å². The van der Waals surface area contributed by atoms with Gasteiger partial charge in [-0.3, -0.25) is 9.36 Å². The molecule has 1 atom stereocenters. The summed E-state index contributed by atoms with van der Waals surface area (Å²) in [4.78, 5) is 29.9. The monoisotopic (exact) mass is 664 g/mol. The Kier molecular flexibility index (Phi) is 7.72. The SMILES string of the molecule is CCOC(=O)C1=C(C(F)(F)F)N=c2s/c(=C\c3cc(I)c(O)c(OC)c3)c(=O)n2[C@H]1c1ccc(Cl)cc1. The average molecular weight is 665 g/mol. The topological polar surface area (TPSA) is 90.1 Å². The summed E-state index contributed by atoms with van der Waals surface area (Å²) in [5, 5.41) is 10.4. The van der Waals surface area contributed by atoms with Crippen LogP contribution in [0.4, 0.5) is 13.2 Å². The Morgan fingerprint density at radius 2 is 1.97 bits per heavy atom. The van der Waals surface area contributed by atoms with Crippen molar-refractivity contribution < 1.29 is 32.5 Å². The first-order chi connectivity index (χ1) is 17.5. The van der Waals surface area contributed by atoms with E-state index in [1.54, 1.807) is 6.07 Å². The molecule has 1 aliphatic rings. The Morgan fingerprint density at radius 1 is 1.30 bits per heavy atom. The second-order valence-corrected chi connectivity index (χ2v) is 10.3. The zero-order valence-corrected chi connectivity index (χ0v) is 22.8. The van der Waals surface area contributed by atoms with E-state index in [0.29, 0.717) is 14.2 Å². The van der Waals surface area contributed by atoms with Crippen molar-refractivity contribution >= 4 is 57.6 Å². The second-order valence-electron chi connectivity index (χ2n) is 7.67. The Bertz CT molecular complexity index is 1600. The van der Waals surface area contributed by atoms with Gasteiger partial charge in [0.2, 0.25) is 0 Å². The highest BCUT2D eigenvalue weighted by Gasteiger charge is 2.45. The zero-order chi connectivity index (χ0) is 27.1. The van der Waals surface area contributed by atoms with Gasteiger partial charge < -0.3 is 14.6 Å². The molecule has 0 amide bonds. The van der Waals surface area contributed by atoms with Gasteiger partial charge in [0.1, 0.15) is 0 Å². The third kappa shape index (κ3) is 5.27. The van der Waals surface area contributed by atoms with E-state index in [9.17, 15) is 27.9 Å². The molecule has 1 aromatic heterocycles. The highest BCUT2D eigenvalue weighted by molar-refractivity contribution is 14.1. The lowest BCUT2D eigenvalue weighted by Crippen LogP contribution is -2.41. The third-order valence-electron chi connectivity index (χ3n) is 5.35. The molecule has 37 heavy (non-hydrogen) atoms. The molecule has 0 spiro atoms. The van der Waals surface area contributed by atoms with Gasteiger partial charge in [-0.05, 0) is 71.0 Å². The van der Waals surface area contributed by atoms with E-state index in [-0.39, 0.29) is 33.0 Å². The predicted molar refractivity (Wildman–Crippen MR) is 140 cm³/mol. The number of hydrogen-bond acceptors (Lipinski definition) is 7. The first-order valence-corrected chi connectivity index (χ1v) is 12.9. The Hall–Kier alpha value is -2.84. The first kappa shape index (κ1) is 27.2. The van der Waals surface area contributed by atoms with Crippen LogP contribution in [0.3, 0.4) is 0 Å². The van der Waals surface area contributed by atoms with Crippen molar-refractivity contribution in [1.82, 2.24) is 4.57 Å². The first-order valence-electron chi connectivity index (χ1n) is 10.6. The summed E-state index contributed by atoms with van der Waals surface area (Å²) in [7, 11) is 1.37. The molecular formula is C24H17ClF3IN2O5S. The Balaban J connectivity index is 2.04. The molecule has 2 heterocycles. The number of aromatic hydroxyl groups is 1. The van der Waals surface area contributed by atoms with Crippen LogP contribution < -0.4 is 19.6 Å². The summed E-state index contributed by atoms with van der Waals surface area (Å²) in [5.41, 5.74) is -2.20. The number of phenolic OH excluding ortho intramolecular Hbond substituents is 1. The van der Waals surface area contributed by atoms with Crippen molar-refractivity contribution in [3.05, 3.63) is 87.1 Å². The second kappa shape index (κ2) is 10.5. The quantitative estimate of drug-likeness (QED) is 0.325. The van der Waals surface area contributed by atoms with Crippen molar-refractivity contribution in [2.75, 3.05) is 13.7 Å². The summed E-state index contributed by atoms with van der Waals surface area (Å²) < 4.78 is 54.1. The average Bonchev–Trinajstić information content (AvgIpc) is 3.15. The lowest BCUT2D eigenvalue weighted by atomic mass is 9.95. The van der Waals surface area contributed by atoms with E-state index in [0.717, 1.165) is 15.9 Å². The van der Waals surface area contributed by atoms with Gasteiger partial charge >= 0.3 is 12.1 Å². The lowest BCUT2D eigenvalue weighted by molar-refractivity contribution is -0.140. The molecule has 0 aliphatic carbocycles. The lowest BCUT2D eigenvalue weighted by Gasteiger charge is -2.26. The van der Waals surface area contributed by atoms with Crippen LogP contribution in [0, 0.1) is 3.57 Å². The molecule has 0 unspecified atom stereocenters. The van der Waals surface area contributed by atoms with Gasteiger partial charge in [0.15, 0.2) is 22.0 Å². The van der Waals surface area contributed by atoms with Crippen LogP contribution in [-0.4, -0.2) is 35.5 Å². The van der Waals surface area contributed by atoms with Crippen molar-refractivity contribution in [2.45, 2.75) is 19.1 Å². The fourth-order valence-electron chi connectivity index (χ4n) is 3.78. The fraction of sp³-hybridized carbons (Fsp3) is 0.208. The van der Waals surface area contributed by atoms with Crippen LogP contribution in [0.5, 0.6) is 11.5 Å². The summed E-state index contributed by atoms with van der Waals surface area (Å²) in [6.07, 6.45) is -3.55. The van der Waals surface area contributed by atoms with Crippen LogP contribution in [-0.2, 0) is 9.53 Å². The van der Waals surface area contributed by atoms with Crippen molar-refractivity contribution in [3.63, 3.8) is 0 Å². The molecule has 0 radical (unpaired) electrons. The number of esters is 1. The molecule has 1 N–H and O–H groups in total. The number of carbonyl (C=O) groups excluding carboxylic acids is 1. The van der Waals surface area contributed by atoms with Gasteiger partial charge in [-0.1, -0.05) is 35.1 Å². The van der Waals surface area contributed by atoms with Gasteiger partial charge in [0.05, 0.1) is 33.4 Å². The largest absolute Gasteiger partial charge is 0.504 e. The molecule has 3 aromatic rings. The molecule has 0 bridgehead atoms. The number of aromatic nitrogens is 1. The van der Waals surface area contributed by atoms with E-state index >= 15 is 0 Å². The minimum atomic E-state index is -5.00. The molecule has 13 heteroatoms. The number of ether oxygens (including phenoxy) is 2. The van der Waals surface area contributed by atoms with Crippen LogP contribution in [0.2, 0.25) is 5.02 Å². The molecule has 1 aliphatic heterocycles. The van der Waals surface area contributed by atoms with Crippen LogP contribution >= 0.6 is 45.5 Å². The minimum Gasteiger partial charge on any atom is -0.504 e. The molecule has 194 valence electrons. The number of methoxy groups -OCH3 is 1. The van der Waals surface area contributed by atoms with Gasteiger partial charge in [-0.15, -0.1) is 0 Å². The Labute approximate surface area is 230 Å². The highest BCUT2D eigenvalue weighted by atomic mass is 127. The number of thiazole rings is 1. The number of benzene rings is 2. The standard InChI is InChI=1S/C24H17ClF3IN2O5S/c1-3-36-22(34)17-18(12-4-6-13(25)7-5-12)31-21(33)16(37-23(31)30-20(17)24(26,27)28)10-11-8-14(29)19(32)15(9-11)35-2/h4-10,18,32H,3H2,1-2H3/b16-10-/t18-/m0/s1. The molecule has 7 nitrogen and oxygen atoms in total. The number of phenols is 1. The van der Waals surface area contributed by atoms with Crippen molar-refractivity contribution in [3.8, 4) is 11.5 Å². The maximum atomic E-state index is 14.1. The zero-order valence-electron chi connectivity index (χ0n) is 19.1. The number of alkyl halides is 3. The van der Waals surface area contributed by atoms with E-state index in [2.05, 4.69) is 4.99 Å². The third-order valence-corrected chi connectivity index (χ3v) is 7.41. The number of rotatable bonds is 5. The molecular weight excluding hydrogens is 648 g/mol. The van der Waals surface area contributed by atoms with Crippen LogP contribution in [0.15, 0.2) is 57.5 Å². The van der Waals surface area contributed by atoms with Gasteiger partial charge in [0.25, 0.3) is 5.56 Å². The molecule has 0 saturated heterocycles. The number of carbonyl (C=O) groups is 1. The minimum absolute atomic E-state index is 0.0629. The molecule has 2 aromatic carbocycles.